The summed E-state index contributed by atoms with van der Waals surface area (Å²) in [6, 6.07) is 6.42. The summed E-state index contributed by atoms with van der Waals surface area (Å²) in [6.07, 6.45) is 1.13. The summed E-state index contributed by atoms with van der Waals surface area (Å²) in [4.78, 5) is 4.48. The quantitative estimate of drug-likeness (QED) is 0.815. The Labute approximate surface area is 112 Å². The predicted molar refractivity (Wildman–Crippen MR) is 78.4 cm³/mol. The maximum Gasteiger partial charge on any atom is 0.243 e. The molecule has 98 valence electrons. The standard InChI is InChI=1S/C13H20N4S/c1-4-18-9-8-10(2)14-13-15-12-7-5-6-11(3)17(12)16-13/h5-7,10H,4,8-9H2,1-3H3,(H,14,16). The normalized spacial score (nSPS) is 12.8. The van der Waals surface area contributed by atoms with Crippen molar-refractivity contribution in [2.45, 2.75) is 33.2 Å². The lowest BCUT2D eigenvalue weighted by Crippen LogP contribution is -2.17. The molecule has 2 heterocycles. The molecule has 0 saturated heterocycles. The van der Waals surface area contributed by atoms with E-state index >= 15 is 0 Å². The Morgan fingerprint density at radius 3 is 3.00 bits per heavy atom. The van der Waals surface area contributed by atoms with E-state index in [1.54, 1.807) is 0 Å². The maximum atomic E-state index is 4.48. The van der Waals surface area contributed by atoms with E-state index in [9.17, 15) is 0 Å². The van der Waals surface area contributed by atoms with Crippen LogP contribution in [0.15, 0.2) is 18.2 Å². The molecule has 2 aromatic rings. The van der Waals surface area contributed by atoms with Gasteiger partial charge in [0.05, 0.1) is 0 Å². The molecule has 4 nitrogen and oxygen atoms in total. The highest BCUT2D eigenvalue weighted by molar-refractivity contribution is 7.99. The Balaban J connectivity index is 2.01. The fraction of sp³-hybridized carbons (Fsp3) is 0.538. The van der Waals surface area contributed by atoms with Crippen LogP contribution in [0.25, 0.3) is 5.65 Å². The number of aromatic nitrogens is 3. The highest BCUT2D eigenvalue weighted by Crippen LogP contribution is 2.11. The summed E-state index contributed by atoms with van der Waals surface area (Å²) in [5.74, 6) is 3.08. The Bertz CT molecular complexity index is 509. The van der Waals surface area contributed by atoms with E-state index in [-0.39, 0.29) is 0 Å². The molecule has 1 unspecified atom stereocenters. The molecule has 18 heavy (non-hydrogen) atoms. The fourth-order valence-electron chi connectivity index (χ4n) is 1.79. The van der Waals surface area contributed by atoms with Crippen LogP contribution in [0.4, 0.5) is 5.95 Å². The van der Waals surface area contributed by atoms with Gasteiger partial charge in [0, 0.05) is 11.7 Å². The van der Waals surface area contributed by atoms with Crippen LogP contribution >= 0.6 is 11.8 Å². The average molecular weight is 264 g/mol. The minimum Gasteiger partial charge on any atom is -0.350 e. The van der Waals surface area contributed by atoms with Gasteiger partial charge in [-0.15, -0.1) is 5.10 Å². The topological polar surface area (TPSA) is 42.2 Å². The number of nitrogens with zero attached hydrogens (tertiary/aromatic N) is 3. The lowest BCUT2D eigenvalue weighted by Gasteiger charge is -2.10. The number of fused-ring (bicyclic) bond motifs is 1. The second-order valence-electron chi connectivity index (χ2n) is 4.40. The number of pyridine rings is 1. The number of hydrogen-bond acceptors (Lipinski definition) is 4. The van der Waals surface area contributed by atoms with Crippen LogP contribution < -0.4 is 5.32 Å². The fourth-order valence-corrected chi connectivity index (χ4v) is 2.60. The van der Waals surface area contributed by atoms with Crippen LogP contribution in [0.2, 0.25) is 0 Å². The van der Waals surface area contributed by atoms with Crippen molar-refractivity contribution in [2.75, 3.05) is 16.8 Å². The molecule has 1 N–H and O–H groups in total. The summed E-state index contributed by atoms with van der Waals surface area (Å²) >= 11 is 1.97. The van der Waals surface area contributed by atoms with Gasteiger partial charge in [0.25, 0.3) is 0 Å². The first-order valence-electron chi connectivity index (χ1n) is 6.37. The van der Waals surface area contributed by atoms with Crippen molar-refractivity contribution in [3.63, 3.8) is 0 Å². The molecule has 0 fully saturated rings. The third kappa shape index (κ3) is 3.16. The molecule has 0 radical (unpaired) electrons. The lowest BCUT2D eigenvalue weighted by molar-refractivity contribution is 0.757. The number of hydrogen-bond donors (Lipinski definition) is 1. The molecule has 1 atom stereocenters. The average Bonchev–Trinajstić information content (AvgIpc) is 2.73. The lowest BCUT2D eigenvalue weighted by atomic mass is 10.3. The van der Waals surface area contributed by atoms with Crippen molar-refractivity contribution in [2.24, 2.45) is 0 Å². The van der Waals surface area contributed by atoms with Gasteiger partial charge in [-0.05, 0) is 43.9 Å². The zero-order valence-electron chi connectivity index (χ0n) is 11.2. The second-order valence-corrected chi connectivity index (χ2v) is 5.80. The molecule has 5 heteroatoms. The van der Waals surface area contributed by atoms with Gasteiger partial charge in [-0.25, -0.2) is 4.52 Å². The maximum absolute atomic E-state index is 4.48. The van der Waals surface area contributed by atoms with Crippen molar-refractivity contribution >= 4 is 23.4 Å². The molecule has 0 bridgehead atoms. The van der Waals surface area contributed by atoms with E-state index in [1.165, 1.54) is 11.5 Å². The molecule has 0 spiro atoms. The third-order valence-corrected chi connectivity index (χ3v) is 3.76. The molecule has 2 aromatic heterocycles. The first kappa shape index (κ1) is 13.2. The predicted octanol–water partition coefficient (Wildman–Crippen LogP) is 2.98. The van der Waals surface area contributed by atoms with Gasteiger partial charge in [-0.1, -0.05) is 13.0 Å². The van der Waals surface area contributed by atoms with E-state index in [0.717, 1.165) is 23.7 Å². The number of anilines is 1. The Hall–Kier alpha value is -1.23. The number of nitrogens with one attached hydrogen (secondary N) is 1. The minimum absolute atomic E-state index is 0.404. The SMILES string of the molecule is CCSCCC(C)Nc1nc2cccc(C)n2n1. The first-order valence-corrected chi connectivity index (χ1v) is 7.53. The van der Waals surface area contributed by atoms with Crippen LogP contribution in [-0.2, 0) is 0 Å². The van der Waals surface area contributed by atoms with Crippen molar-refractivity contribution < 1.29 is 0 Å². The van der Waals surface area contributed by atoms with Gasteiger partial charge in [-0.2, -0.15) is 16.7 Å². The molecular weight excluding hydrogens is 244 g/mol. The molecule has 0 aliphatic heterocycles. The van der Waals surface area contributed by atoms with Crippen molar-refractivity contribution in [3.05, 3.63) is 23.9 Å². The molecule has 0 amide bonds. The summed E-state index contributed by atoms with van der Waals surface area (Å²) in [6.45, 7) is 6.40. The summed E-state index contributed by atoms with van der Waals surface area (Å²) in [5, 5.41) is 7.83. The van der Waals surface area contributed by atoms with Crippen molar-refractivity contribution in [1.29, 1.82) is 0 Å². The van der Waals surface area contributed by atoms with E-state index in [1.807, 2.05) is 41.4 Å². The van der Waals surface area contributed by atoms with Gasteiger partial charge in [-0.3, -0.25) is 0 Å². The Morgan fingerprint density at radius 1 is 1.44 bits per heavy atom. The highest BCUT2D eigenvalue weighted by Gasteiger charge is 2.07. The molecule has 0 aliphatic rings. The zero-order chi connectivity index (χ0) is 13.0. The van der Waals surface area contributed by atoms with Gasteiger partial charge < -0.3 is 5.32 Å². The molecular formula is C13H20N4S. The largest absolute Gasteiger partial charge is 0.350 e. The van der Waals surface area contributed by atoms with E-state index in [4.69, 9.17) is 0 Å². The molecule has 2 rings (SSSR count). The summed E-state index contributed by atoms with van der Waals surface area (Å²) in [5.41, 5.74) is 2.00. The molecule has 0 aromatic carbocycles. The minimum atomic E-state index is 0.404. The van der Waals surface area contributed by atoms with Crippen LogP contribution in [0.1, 0.15) is 26.0 Å². The van der Waals surface area contributed by atoms with Crippen LogP contribution in [-0.4, -0.2) is 32.1 Å². The van der Waals surface area contributed by atoms with Crippen molar-refractivity contribution in [3.8, 4) is 0 Å². The highest BCUT2D eigenvalue weighted by atomic mass is 32.2. The Kier molecular flexibility index (Phi) is 4.47. The van der Waals surface area contributed by atoms with Crippen LogP contribution in [0, 0.1) is 6.92 Å². The number of thioether (sulfide) groups is 1. The second kappa shape index (κ2) is 6.09. The van der Waals surface area contributed by atoms with Gasteiger partial charge in [0.1, 0.15) is 0 Å². The smallest absolute Gasteiger partial charge is 0.243 e. The van der Waals surface area contributed by atoms with Gasteiger partial charge >= 0.3 is 0 Å². The third-order valence-electron chi connectivity index (χ3n) is 2.82. The van der Waals surface area contributed by atoms with E-state index in [0.29, 0.717) is 6.04 Å². The number of rotatable bonds is 6. The molecule has 0 saturated carbocycles. The first-order chi connectivity index (χ1) is 8.70. The van der Waals surface area contributed by atoms with Crippen LogP contribution in [0.3, 0.4) is 0 Å². The van der Waals surface area contributed by atoms with Gasteiger partial charge in [0.15, 0.2) is 5.65 Å². The number of aryl methyl sites for hydroxylation is 1. The molecule has 0 aliphatic carbocycles. The summed E-state index contributed by atoms with van der Waals surface area (Å²) in [7, 11) is 0. The summed E-state index contributed by atoms with van der Waals surface area (Å²) < 4.78 is 1.87. The van der Waals surface area contributed by atoms with Gasteiger partial charge in [0.2, 0.25) is 5.95 Å². The van der Waals surface area contributed by atoms with E-state index < -0.39 is 0 Å². The zero-order valence-corrected chi connectivity index (χ0v) is 12.0. The van der Waals surface area contributed by atoms with Crippen LogP contribution in [0.5, 0.6) is 0 Å². The monoisotopic (exact) mass is 264 g/mol. The van der Waals surface area contributed by atoms with Crippen molar-refractivity contribution in [1.82, 2.24) is 14.6 Å². The van der Waals surface area contributed by atoms with E-state index in [2.05, 4.69) is 29.2 Å². The Morgan fingerprint density at radius 2 is 2.28 bits per heavy atom.